The van der Waals surface area contributed by atoms with Crippen LogP contribution in [0.1, 0.15) is 6.42 Å². The van der Waals surface area contributed by atoms with Gasteiger partial charge >= 0.3 is 0 Å². The first kappa shape index (κ1) is 10.1. The molecular weight excluding hydrogens is 170 g/mol. The minimum absolute atomic E-state index is 0.545. The minimum atomic E-state index is -0.771. The van der Waals surface area contributed by atoms with E-state index in [1.165, 1.54) is 5.54 Å². The van der Waals surface area contributed by atoms with E-state index in [0.717, 1.165) is 6.42 Å². The Morgan fingerprint density at radius 1 is 1.60 bits per heavy atom. The highest BCUT2D eigenvalue weighted by molar-refractivity contribution is 7.85. The van der Waals surface area contributed by atoms with E-state index in [0.29, 0.717) is 18.1 Å². The van der Waals surface area contributed by atoms with E-state index in [1.807, 2.05) is 0 Å². The average Bonchev–Trinajstić information content (AvgIpc) is 1.97. The van der Waals surface area contributed by atoms with Gasteiger partial charge in [0.2, 0.25) is 0 Å². The maximum Gasteiger partial charge on any atom is 0.0426 e. The molecule has 2 N–H and O–H groups in total. The van der Waals surface area contributed by atoms with Crippen LogP contribution in [0.3, 0.4) is 0 Å². The predicted molar refractivity (Wildman–Crippen MR) is 46.5 cm³/mol. The number of nitrogens with two attached hydrogens (primary N) is 1. The van der Waals surface area contributed by atoms with E-state index in [9.17, 15) is 4.21 Å². The van der Waals surface area contributed by atoms with Gasteiger partial charge in [0.1, 0.15) is 0 Å². The van der Waals surface area contributed by atoms with Crippen molar-refractivity contribution in [2.24, 2.45) is 5.73 Å². The smallest absolute Gasteiger partial charge is 0.0426 e. The molecule has 0 aliphatic heterocycles. The molecule has 0 spiro atoms. The molecule has 0 aliphatic rings. The second-order valence-electron chi connectivity index (χ2n) is 1.81. The predicted octanol–water partition coefficient (Wildman–Crippen LogP) is 0.836. The van der Waals surface area contributed by atoms with Gasteiger partial charge in [0, 0.05) is 27.8 Å². The topological polar surface area (TPSA) is 43.1 Å². The van der Waals surface area contributed by atoms with Gasteiger partial charge in [-0.05, 0) is 13.0 Å². The highest BCUT2D eigenvalue weighted by Crippen LogP contribution is 1.88. The lowest BCUT2D eigenvalue weighted by atomic mass is 10.5. The molecule has 0 bridgehead atoms. The Morgan fingerprint density at radius 3 is 2.80 bits per heavy atom. The van der Waals surface area contributed by atoms with Gasteiger partial charge in [-0.3, -0.25) is 4.21 Å². The highest BCUT2D eigenvalue weighted by atomic mass is 35.5. The van der Waals surface area contributed by atoms with Crippen molar-refractivity contribution in [1.29, 1.82) is 0 Å². The van der Waals surface area contributed by atoms with E-state index in [-0.39, 0.29) is 0 Å². The van der Waals surface area contributed by atoms with Crippen molar-refractivity contribution >= 4 is 22.4 Å². The molecule has 0 heterocycles. The van der Waals surface area contributed by atoms with Gasteiger partial charge in [0.25, 0.3) is 0 Å². The van der Waals surface area contributed by atoms with Crippen LogP contribution in [0.5, 0.6) is 0 Å². The number of halogens is 1. The molecule has 0 aromatic rings. The molecule has 1 unspecified atom stereocenters. The van der Waals surface area contributed by atoms with Gasteiger partial charge in [-0.15, -0.1) is 0 Å². The first-order chi connectivity index (χ1) is 4.81. The van der Waals surface area contributed by atoms with Crippen molar-refractivity contribution in [2.75, 3.05) is 18.1 Å². The molecule has 0 saturated carbocycles. The van der Waals surface area contributed by atoms with E-state index in [1.54, 1.807) is 6.08 Å². The van der Waals surface area contributed by atoms with Crippen molar-refractivity contribution in [2.45, 2.75) is 6.42 Å². The zero-order valence-electron chi connectivity index (χ0n) is 5.75. The summed E-state index contributed by atoms with van der Waals surface area (Å²) < 4.78 is 10.9. The summed E-state index contributed by atoms with van der Waals surface area (Å²) in [6.45, 7) is 0.607. The summed E-state index contributed by atoms with van der Waals surface area (Å²) >= 11 is 5.24. The number of rotatable bonds is 5. The van der Waals surface area contributed by atoms with Crippen LogP contribution in [0.15, 0.2) is 11.6 Å². The lowest BCUT2D eigenvalue weighted by Gasteiger charge is -1.94. The van der Waals surface area contributed by atoms with Gasteiger partial charge in [-0.2, -0.15) is 0 Å². The molecule has 4 heteroatoms. The van der Waals surface area contributed by atoms with Crippen molar-refractivity contribution < 1.29 is 4.21 Å². The SMILES string of the molecule is NCCCS(=O)C/C=C/Cl. The zero-order valence-corrected chi connectivity index (χ0v) is 7.33. The molecule has 1 atom stereocenters. The average molecular weight is 182 g/mol. The molecule has 0 aromatic heterocycles. The maximum atomic E-state index is 10.9. The largest absolute Gasteiger partial charge is 0.330 e. The normalized spacial score (nSPS) is 14.2. The van der Waals surface area contributed by atoms with Crippen LogP contribution in [-0.4, -0.2) is 22.3 Å². The summed E-state index contributed by atoms with van der Waals surface area (Å²) in [6.07, 6.45) is 2.51. The van der Waals surface area contributed by atoms with Crippen LogP contribution in [0, 0.1) is 0 Å². The second-order valence-corrected chi connectivity index (χ2v) is 3.69. The first-order valence-electron chi connectivity index (χ1n) is 3.11. The fraction of sp³-hybridized carbons (Fsp3) is 0.667. The Morgan fingerprint density at radius 2 is 2.30 bits per heavy atom. The molecule has 0 aromatic carbocycles. The molecule has 2 nitrogen and oxygen atoms in total. The third kappa shape index (κ3) is 6.26. The molecule has 60 valence electrons. The summed E-state index contributed by atoms with van der Waals surface area (Å²) in [5, 5.41) is 0. The Hall–Kier alpha value is 0.140. The first-order valence-corrected chi connectivity index (χ1v) is 5.04. The third-order valence-corrected chi connectivity index (χ3v) is 2.43. The Kier molecular flexibility index (Phi) is 7.35. The molecule has 0 rings (SSSR count). The molecule has 0 amide bonds. The van der Waals surface area contributed by atoms with Crippen molar-refractivity contribution in [3.8, 4) is 0 Å². The van der Waals surface area contributed by atoms with Crippen LogP contribution >= 0.6 is 11.6 Å². The maximum absolute atomic E-state index is 10.9. The van der Waals surface area contributed by atoms with E-state index >= 15 is 0 Å². The van der Waals surface area contributed by atoms with E-state index in [4.69, 9.17) is 17.3 Å². The lowest BCUT2D eigenvalue weighted by Crippen LogP contribution is -2.07. The number of hydrogen-bond acceptors (Lipinski definition) is 2. The summed E-state index contributed by atoms with van der Waals surface area (Å²) in [4.78, 5) is 0. The van der Waals surface area contributed by atoms with Crippen LogP contribution in [-0.2, 0) is 10.8 Å². The van der Waals surface area contributed by atoms with Crippen LogP contribution < -0.4 is 5.73 Å². The molecule has 0 radical (unpaired) electrons. The highest BCUT2D eigenvalue weighted by Gasteiger charge is 1.93. The van der Waals surface area contributed by atoms with Crippen LogP contribution in [0.25, 0.3) is 0 Å². The molecular formula is C6H12ClNOS. The summed E-state index contributed by atoms with van der Waals surface area (Å²) in [6, 6.07) is 0. The minimum Gasteiger partial charge on any atom is -0.330 e. The molecule has 0 aliphatic carbocycles. The van der Waals surface area contributed by atoms with Crippen LogP contribution in [0.2, 0.25) is 0 Å². The third-order valence-electron chi connectivity index (χ3n) is 0.947. The van der Waals surface area contributed by atoms with Crippen molar-refractivity contribution in [3.05, 3.63) is 11.6 Å². The van der Waals surface area contributed by atoms with Crippen LogP contribution in [0.4, 0.5) is 0 Å². The summed E-state index contributed by atoms with van der Waals surface area (Å²) in [5.41, 5.74) is 6.62. The monoisotopic (exact) mass is 181 g/mol. The molecule has 0 fully saturated rings. The Bertz CT molecular complexity index is 127. The quantitative estimate of drug-likeness (QED) is 0.683. The fourth-order valence-electron chi connectivity index (χ4n) is 0.471. The standard InChI is InChI=1S/C6H12ClNOS/c7-3-1-5-10(9)6-2-4-8/h1,3H,2,4-6,8H2/b3-1+. The Labute approximate surface area is 68.9 Å². The van der Waals surface area contributed by atoms with Gasteiger partial charge in [0.15, 0.2) is 0 Å². The molecule has 0 saturated heterocycles. The van der Waals surface area contributed by atoms with Crippen molar-refractivity contribution in [1.82, 2.24) is 0 Å². The fourth-order valence-corrected chi connectivity index (χ4v) is 1.63. The van der Waals surface area contributed by atoms with Crippen molar-refractivity contribution in [3.63, 3.8) is 0 Å². The van der Waals surface area contributed by atoms with Gasteiger partial charge in [-0.25, -0.2) is 0 Å². The lowest BCUT2D eigenvalue weighted by molar-refractivity contribution is 0.682. The number of hydrogen-bond donors (Lipinski definition) is 1. The van der Waals surface area contributed by atoms with E-state index in [2.05, 4.69) is 0 Å². The van der Waals surface area contributed by atoms with Gasteiger partial charge in [0.05, 0.1) is 0 Å². The van der Waals surface area contributed by atoms with E-state index < -0.39 is 10.8 Å². The Balaban J connectivity index is 3.25. The summed E-state index contributed by atoms with van der Waals surface area (Å²) in [7, 11) is -0.771. The second kappa shape index (κ2) is 7.25. The van der Waals surface area contributed by atoms with Gasteiger partial charge in [-0.1, -0.05) is 17.7 Å². The molecule has 10 heavy (non-hydrogen) atoms. The van der Waals surface area contributed by atoms with Gasteiger partial charge < -0.3 is 5.73 Å². The summed E-state index contributed by atoms with van der Waals surface area (Å²) in [5.74, 6) is 1.22. The zero-order chi connectivity index (χ0) is 7.82.